The van der Waals surface area contributed by atoms with Gasteiger partial charge in [-0.2, -0.15) is 8.78 Å². The standard InChI is InChI=1S/C14H18F4O2/c1-3-9(15)7-19-11-5-6-12(14(18)13(11)17)20-8-10(16)4-2/h5-6,9-10H,3-4,7-8H2,1-2H3. The number of benzene rings is 1. The Hall–Kier alpha value is -1.46. The Labute approximate surface area is 115 Å². The fourth-order valence-electron chi connectivity index (χ4n) is 1.33. The van der Waals surface area contributed by atoms with E-state index in [1.54, 1.807) is 13.8 Å². The monoisotopic (exact) mass is 294 g/mol. The molecule has 0 fully saturated rings. The van der Waals surface area contributed by atoms with Crippen molar-refractivity contribution in [2.24, 2.45) is 0 Å². The van der Waals surface area contributed by atoms with Crippen LogP contribution in [0.4, 0.5) is 17.6 Å². The summed E-state index contributed by atoms with van der Waals surface area (Å²) in [6, 6.07) is 2.27. The summed E-state index contributed by atoms with van der Waals surface area (Å²) in [7, 11) is 0. The van der Waals surface area contributed by atoms with Gasteiger partial charge in [0, 0.05) is 0 Å². The summed E-state index contributed by atoms with van der Waals surface area (Å²) in [6.07, 6.45) is -2.05. The molecule has 0 heterocycles. The summed E-state index contributed by atoms with van der Waals surface area (Å²) in [5.74, 6) is -3.31. The van der Waals surface area contributed by atoms with Crippen molar-refractivity contribution in [1.29, 1.82) is 0 Å². The Kier molecular flexibility index (Phi) is 6.61. The summed E-state index contributed by atoms with van der Waals surface area (Å²) in [5.41, 5.74) is 0. The minimum Gasteiger partial charge on any atom is -0.487 e. The first kappa shape index (κ1) is 16.6. The topological polar surface area (TPSA) is 18.5 Å². The fourth-order valence-corrected chi connectivity index (χ4v) is 1.33. The SMILES string of the molecule is CCC(F)COc1ccc(OCC(F)CC)c(F)c1F. The number of hydrogen-bond donors (Lipinski definition) is 0. The highest BCUT2D eigenvalue weighted by Crippen LogP contribution is 2.28. The molecule has 0 saturated heterocycles. The van der Waals surface area contributed by atoms with Crippen LogP contribution in [0, 0.1) is 11.6 Å². The van der Waals surface area contributed by atoms with Gasteiger partial charge in [0.1, 0.15) is 25.6 Å². The van der Waals surface area contributed by atoms with Gasteiger partial charge in [-0.25, -0.2) is 8.78 Å². The zero-order chi connectivity index (χ0) is 15.1. The molecule has 2 nitrogen and oxygen atoms in total. The van der Waals surface area contributed by atoms with E-state index in [9.17, 15) is 17.6 Å². The van der Waals surface area contributed by atoms with Gasteiger partial charge in [0.05, 0.1) is 0 Å². The molecule has 20 heavy (non-hydrogen) atoms. The second kappa shape index (κ2) is 7.97. The van der Waals surface area contributed by atoms with Crippen molar-refractivity contribution in [1.82, 2.24) is 0 Å². The molecule has 0 aliphatic rings. The van der Waals surface area contributed by atoms with Crippen molar-refractivity contribution in [3.05, 3.63) is 23.8 Å². The van der Waals surface area contributed by atoms with E-state index in [0.29, 0.717) is 0 Å². The van der Waals surface area contributed by atoms with Crippen molar-refractivity contribution >= 4 is 0 Å². The van der Waals surface area contributed by atoms with Gasteiger partial charge >= 0.3 is 0 Å². The molecule has 0 aromatic heterocycles. The molecule has 0 aliphatic carbocycles. The van der Waals surface area contributed by atoms with Crippen LogP contribution >= 0.6 is 0 Å². The lowest BCUT2D eigenvalue weighted by molar-refractivity contribution is 0.177. The summed E-state index contributed by atoms with van der Waals surface area (Å²) in [6.45, 7) is 2.52. The van der Waals surface area contributed by atoms with E-state index in [-0.39, 0.29) is 26.1 Å². The Morgan fingerprint density at radius 2 is 1.20 bits per heavy atom. The van der Waals surface area contributed by atoms with E-state index >= 15 is 0 Å². The van der Waals surface area contributed by atoms with Gasteiger partial charge in [-0.05, 0) is 25.0 Å². The van der Waals surface area contributed by atoms with Crippen molar-refractivity contribution in [2.45, 2.75) is 39.0 Å². The molecule has 2 unspecified atom stereocenters. The highest BCUT2D eigenvalue weighted by atomic mass is 19.2. The van der Waals surface area contributed by atoms with Crippen LogP contribution in [0.1, 0.15) is 26.7 Å². The van der Waals surface area contributed by atoms with Gasteiger partial charge in [0.25, 0.3) is 0 Å². The van der Waals surface area contributed by atoms with E-state index < -0.39 is 35.5 Å². The average molecular weight is 294 g/mol. The van der Waals surface area contributed by atoms with Crippen LogP contribution in [0.3, 0.4) is 0 Å². The molecule has 0 amide bonds. The zero-order valence-electron chi connectivity index (χ0n) is 11.5. The first-order valence-corrected chi connectivity index (χ1v) is 6.51. The third-order valence-electron chi connectivity index (χ3n) is 2.74. The first-order chi connectivity index (χ1) is 9.49. The maximum absolute atomic E-state index is 13.6. The fraction of sp³-hybridized carbons (Fsp3) is 0.571. The maximum Gasteiger partial charge on any atom is 0.204 e. The second-order valence-corrected chi connectivity index (χ2v) is 4.32. The van der Waals surface area contributed by atoms with Gasteiger partial charge in [-0.3, -0.25) is 0 Å². The molecular weight excluding hydrogens is 276 g/mol. The van der Waals surface area contributed by atoms with E-state index in [1.165, 1.54) is 0 Å². The Morgan fingerprint density at radius 1 is 0.850 bits per heavy atom. The Bertz CT molecular complexity index is 387. The normalized spacial score (nSPS) is 13.9. The molecule has 0 N–H and O–H groups in total. The van der Waals surface area contributed by atoms with Gasteiger partial charge < -0.3 is 9.47 Å². The molecule has 0 aliphatic heterocycles. The quantitative estimate of drug-likeness (QED) is 0.668. The number of hydrogen-bond acceptors (Lipinski definition) is 2. The summed E-state index contributed by atoms with van der Waals surface area (Å²) in [5, 5.41) is 0. The lowest BCUT2D eigenvalue weighted by Crippen LogP contribution is -2.14. The van der Waals surface area contributed by atoms with Crippen molar-refractivity contribution < 1.29 is 27.0 Å². The van der Waals surface area contributed by atoms with E-state index in [1.807, 2.05) is 0 Å². The molecule has 1 aromatic carbocycles. The molecule has 0 spiro atoms. The lowest BCUT2D eigenvalue weighted by atomic mass is 10.2. The number of alkyl halides is 2. The summed E-state index contributed by atoms with van der Waals surface area (Å²) in [4.78, 5) is 0. The maximum atomic E-state index is 13.6. The van der Waals surface area contributed by atoms with Crippen molar-refractivity contribution in [3.8, 4) is 11.5 Å². The lowest BCUT2D eigenvalue weighted by Gasteiger charge is -2.13. The smallest absolute Gasteiger partial charge is 0.204 e. The first-order valence-electron chi connectivity index (χ1n) is 6.51. The molecule has 0 radical (unpaired) electrons. The van der Waals surface area contributed by atoms with Gasteiger partial charge in [0.2, 0.25) is 11.6 Å². The molecule has 2 atom stereocenters. The Balaban J connectivity index is 2.71. The Morgan fingerprint density at radius 3 is 1.50 bits per heavy atom. The molecule has 114 valence electrons. The zero-order valence-corrected chi connectivity index (χ0v) is 11.5. The van der Waals surface area contributed by atoms with Crippen LogP contribution in [0.25, 0.3) is 0 Å². The molecule has 1 aromatic rings. The van der Waals surface area contributed by atoms with Crippen LogP contribution in [-0.4, -0.2) is 25.6 Å². The summed E-state index contributed by atoms with van der Waals surface area (Å²) < 4.78 is 62.9. The molecule has 6 heteroatoms. The number of halogens is 4. The highest BCUT2D eigenvalue weighted by Gasteiger charge is 2.17. The van der Waals surface area contributed by atoms with Gasteiger partial charge in [0.15, 0.2) is 11.5 Å². The highest BCUT2D eigenvalue weighted by molar-refractivity contribution is 5.35. The van der Waals surface area contributed by atoms with E-state index in [4.69, 9.17) is 9.47 Å². The van der Waals surface area contributed by atoms with Crippen LogP contribution in [0.15, 0.2) is 12.1 Å². The molecule has 0 saturated carbocycles. The van der Waals surface area contributed by atoms with E-state index in [2.05, 4.69) is 0 Å². The van der Waals surface area contributed by atoms with Crippen LogP contribution in [0.5, 0.6) is 11.5 Å². The van der Waals surface area contributed by atoms with Gasteiger partial charge in [-0.1, -0.05) is 13.8 Å². The van der Waals surface area contributed by atoms with Gasteiger partial charge in [-0.15, -0.1) is 0 Å². The molecular formula is C14H18F4O2. The predicted octanol–water partition coefficient (Wildman–Crippen LogP) is 4.22. The van der Waals surface area contributed by atoms with Crippen LogP contribution in [0.2, 0.25) is 0 Å². The van der Waals surface area contributed by atoms with Crippen LogP contribution < -0.4 is 9.47 Å². The largest absolute Gasteiger partial charge is 0.487 e. The van der Waals surface area contributed by atoms with E-state index in [0.717, 1.165) is 12.1 Å². The predicted molar refractivity (Wildman–Crippen MR) is 67.7 cm³/mol. The number of rotatable bonds is 8. The molecule has 0 bridgehead atoms. The minimum atomic E-state index is -1.27. The van der Waals surface area contributed by atoms with Crippen molar-refractivity contribution in [3.63, 3.8) is 0 Å². The minimum absolute atomic E-state index is 0.222. The third kappa shape index (κ3) is 4.58. The van der Waals surface area contributed by atoms with Crippen LogP contribution in [-0.2, 0) is 0 Å². The average Bonchev–Trinajstić information content (AvgIpc) is 2.46. The third-order valence-corrected chi connectivity index (χ3v) is 2.74. The number of ether oxygens (including phenoxy) is 2. The molecule has 1 rings (SSSR count). The van der Waals surface area contributed by atoms with Crippen molar-refractivity contribution in [2.75, 3.05) is 13.2 Å². The second-order valence-electron chi connectivity index (χ2n) is 4.32. The summed E-state index contributed by atoms with van der Waals surface area (Å²) >= 11 is 0.